The van der Waals surface area contributed by atoms with E-state index in [1.54, 1.807) is 0 Å². The molecule has 0 radical (unpaired) electrons. The molecule has 2 heterocycles. The van der Waals surface area contributed by atoms with Crippen LogP contribution in [0.15, 0.2) is 5.38 Å². The molecule has 0 saturated carbocycles. The summed E-state index contributed by atoms with van der Waals surface area (Å²) in [5.74, 6) is 0.921. The van der Waals surface area contributed by atoms with Crippen molar-refractivity contribution in [3.8, 4) is 0 Å². The van der Waals surface area contributed by atoms with Crippen LogP contribution in [0, 0.1) is 5.92 Å². The van der Waals surface area contributed by atoms with Gasteiger partial charge in [0.25, 0.3) is 0 Å². The zero-order valence-electron chi connectivity index (χ0n) is 8.73. The van der Waals surface area contributed by atoms with Crippen molar-refractivity contribution >= 4 is 16.5 Å². The Bertz CT molecular complexity index is 326. The van der Waals surface area contributed by atoms with E-state index in [-0.39, 0.29) is 6.10 Å². The van der Waals surface area contributed by atoms with Crippen LogP contribution in [0.25, 0.3) is 0 Å². The number of nitrogen functional groups attached to an aromatic ring is 1. The molecule has 2 rings (SSSR count). The van der Waals surface area contributed by atoms with Gasteiger partial charge in [-0.2, -0.15) is 0 Å². The topological polar surface area (TPSA) is 48.1 Å². The van der Waals surface area contributed by atoms with Gasteiger partial charge in [0.2, 0.25) is 0 Å². The number of ether oxygens (including phenoxy) is 1. The van der Waals surface area contributed by atoms with Crippen molar-refractivity contribution in [1.82, 2.24) is 4.98 Å². The Labute approximate surface area is 88.3 Å². The maximum Gasteiger partial charge on any atom is 0.180 e. The second-order valence-electron chi connectivity index (χ2n) is 4.04. The number of rotatable bonds is 1. The highest BCUT2D eigenvalue weighted by atomic mass is 32.1. The zero-order chi connectivity index (χ0) is 10.3. The first kappa shape index (κ1) is 9.93. The van der Waals surface area contributed by atoms with Crippen LogP contribution >= 0.6 is 11.3 Å². The Morgan fingerprint density at radius 1 is 1.36 bits per heavy atom. The van der Waals surface area contributed by atoms with E-state index in [2.05, 4.69) is 31.1 Å². The molecule has 0 aromatic carbocycles. The van der Waals surface area contributed by atoms with Gasteiger partial charge in [-0.3, -0.25) is 0 Å². The van der Waals surface area contributed by atoms with Crippen LogP contribution in [-0.4, -0.2) is 17.2 Å². The van der Waals surface area contributed by atoms with Crippen molar-refractivity contribution in [2.75, 3.05) is 5.73 Å². The largest absolute Gasteiger partial charge is 0.375 e. The Morgan fingerprint density at radius 2 is 2.07 bits per heavy atom. The van der Waals surface area contributed by atoms with Crippen LogP contribution in [0.4, 0.5) is 5.13 Å². The first-order valence-corrected chi connectivity index (χ1v) is 5.84. The third-order valence-corrected chi connectivity index (χ3v) is 3.82. The Morgan fingerprint density at radius 3 is 2.50 bits per heavy atom. The minimum atomic E-state index is 0.251. The lowest BCUT2D eigenvalue weighted by Crippen LogP contribution is -2.15. The molecule has 14 heavy (non-hydrogen) atoms. The van der Waals surface area contributed by atoms with E-state index in [0.29, 0.717) is 23.1 Å². The fraction of sp³-hybridized carbons (Fsp3) is 0.700. The molecule has 4 atom stereocenters. The highest BCUT2D eigenvalue weighted by Gasteiger charge is 2.39. The van der Waals surface area contributed by atoms with Gasteiger partial charge >= 0.3 is 0 Å². The lowest BCUT2D eigenvalue weighted by atomic mass is 9.87. The highest BCUT2D eigenvalue weighted by molar-refractivity contribution is 7.13. The number of anilines is 1. The molecule has 1 saturated heterocycles. The summed E-state index contributed by atoms with van der Waals surface area (Å²) in [6.07, 6.45) is 0.569. The molecule has 0 amide bonds. The Hall–Kier alpha value is -0.610. The fourth-order valence-corrected chi connectivity index (χ4v) is 2.84. The molecule has 0 bridgehead atoms. The monoisotopic (exact) mass is 212 g/mol. The van der Waals surface area contributed by atoms with Crippen LogP contribution in [0.3, 0.4) is 0 Å². The van der Waals surface area contributed by atoms with Gasteiger partial charge in [-0.15, -0.1) is 11.3 Å². The van der Waals surface area contributed by atoms with E-state index in [9.17, 15) is 0 Å². The van der Waals surface area contributed by atoms with Crippen LogP contribution in [0.5, 0.6) is 0 Å². The van der Waals surface area contributed by atoms with Crippen molar-refractivity contribution in [3.63, 3.8) is 0 Å². The van der Waals surface area contributed by atoms with Crippen molar-refractivity contribution in [2.24, 2.45) is 5.92 Å². The first-order valence-electron chi connectivity index (χ1n) is 4.96. The second kappa shape index (κ2) is 3.51. The fourth-order valence-electron chi connectivity index (χ4n) is 2.23. The molecular formula is C10H16N2OS. The van der Waals surface area contributed by atoms with Gasteiger partial charge in [0.15, 0.2) is 5.13 Å². The van der Waals surface area contributed by atoms with Crippen LogP contribution in [0.1, 0.15) is 32.4 Å². The molecular weight excluding hydrogens is 196 g/mol. The smallest absolute Gasteiger partial charge is 0.180 e. The van der Waals surface area contributed by atoms with Gasteiger partial charge in [0, 0.05) is 11.3 Å². The number of nitrogens with two attached hydrogens (primary N) is 1. The summed E-state index contributed by atoms with van der Waals surface area (Å²) in [7, 11) is 0. The second-order valence-corrected chi connectivity index (χ2v) is 4.93. The third kappa shape index (κ3) is 1.53. The third-order valence-electron chi connectivity index (χ3n) is 3.12. The van der Waals surface area contributed by atoms with Crippen molar-refractivity contribution in [3.05, 3.63) is 11.1 Å². The van der Waals surface area contributed by atoms with Crippen molar-refractivity contribution in [1.29, 1.82) is 0 Å². The number of hydrogen-bond acceptors (Lipinski definition) is 4. The summed E-state index contributed by atoms with van der Waals surface area (Å²) < 4.78 is 5.77. The molecule has 1 aromatic heterocycles. The number of aromatic nitrogens is 1. The van der Waals surface area contributed by atoms with Gasteiger partial charge in [0.05, 0.1) is 17.9 Å². The van der Waals surface area contributed by atoms with E-state index < -0.39 is 0 Å². The van der Waals surface area contributed by atoms with E-state index in [1.165, 1.54) is 11.3 Å². The summed E-state index contributed by atoms with van der Waals surface area (Å²) in [6.45, 7) is 6.45. The lowest BCUT2D eigenvalue weighted by Gasteiger charge is -2.15. The SMILES string of the molecule is CC1OC(C)C(c2csc(N)n2)C1C. The predicted octanol–water partition coefficient (Wildman–Crippen LogP) is 2.25. The van der Waals surface area contributed by atoms with E-state index in [4.69, 9.17) is 10.5 Å². The molecule has 1 fully saturated rings. The number of hydrogen-bond donors (Lipinski definition) is 1. The van der Waals surface area contributed by atoms with Crippen molar-refractivity contribution < 1.29 is 4.74 Å². The standard InChI is InChI=1S/C10H16N2OS/c1-5-6(2)13-7(3)9(5)8-4-14-10(11)12-8/h4-7,9H,1-3H3,(H2,11,12). The summed E-state index contributed by atoms with van der Waals surface area (Å²) in [5, 5.41) is 2.70. The molecule has 78 valence electrons. The van der Waals surface area contributed by atoms with Gasteiger partial charge in [-0.1, -0.05) is 6.92 Å². The molecule has 1 aromatic rings. The van der Waals surface area contributed by atoms with E-state index >= 15 is 0 Å². The molecule has 0 aliphatic carbocycles. The highest BCUT2D eigenvalue weighted by Crippen LogP contribution is 2.40. The van der Waals surface area contributed by atoms with Crippen LogP contribution in [0.2, 0.25) is 0 Å². The summed E-state index contributed by atoms with van der Waals surface area (Å²) in [5.41, 5.74) is 6.73. The summed E-state index contributed by atoms with van der Waals surface area (Å²) in [4.78, 5) is 4.34. The van der Waals surface area contributed by atoms with Crippen molar-refractivity contribution in [2.45, 2.75) is 38.9 Å². The predicted molar refractivity (Wildman–Crippen MR) is 58.4 cm³/mol. The minimum absolute atomic E-state index is 0.251. The molecule has 3 nitrogen and oxygen atoms in total. The van der Waals surface area contributed by atoms with Gasteiger partial charge in [-0.25, -0.2) is 4.98 Å². The first-order chi connectivity index (χ1) is 6.59. The summed E-state index contributed by atoms with van der Waals surface area (Å²) in [6, 6.07) is 0. The zero-order valence-corrected chi connectivity index (χ0v) is 9.54. The summed E-state index contributed by atoms with van der Waals surface area (Å²) >= 11 is 1.51. The van der Waals surface area contributed by atoms with Crippen LogP contribution < -0.4 is 5.73 Å². The number of nitrogens with zero attached hydrogens (tertiary/aromatic N) is 1. The van der Waals surface area contributed by atoms with E-state index in [0.717, 1.165) is 5.69 Å². The van der Waals surface area contributed by atoms with E-state index in [1.807, 2.05) is 0 Å². The maximum atomic E-state index is 5.77. The Kier molecular flexibility index (Phi) is 2.49. The van der Waals surface area contributed by atoms with Gasteiger partial charge < -0.3 is 10.5 Å². The molecule has 4 unspecified atom stereocenters. The molecule has 2 N–H and O–H groups in total. The lowest BCUT2D eigenvalue weighted by molar-refractivity contribution is 0.0555. The normalized spacial score (nSPS) is 37.6. The minimum Gasteiger partial charge on any atom is -0.375 e. The molecule has 1 aliphatic heterocycles. The van der Waals surface area contributed by atoms with Crippen LogP contribution in [-0.2, 0) is 4.74 Å². The Balaban J connectivity index is 2.25. The average Bonchev–Trinajstić information content (AvgIpc) is 2.60. The molecule has 0 spiro atoms. The average molecular weight is 212 g/mol. The molecule has 4 heteroatoms. The quantitative estimate of drug-likeness (QED) is 0.776. The number of thiazole rings is 1. The van der Waals surface area contributed by atoms with Gasteiger partial charge in [-0.05, 0) is 19.8 Å². The maximum absolute atomic E-state index is 5.77. The molecule has 1 aliphatic rings. The van der Waals surface area contributed by atoms with Gasteiger partial charge in [0.1, 0.15) is 0 Å².